The zero-order valence-corrected chi connectivity index (χ0v) is 10.9. The molecule has 3 nitrogen and oxygen atoms in total. The molecule has 0 aromatic rings. The zero-order valence-electron chi connectivity index (χ0n) is 10.9. The Labute approximate surface area is 104 Å². The smallest absolute Gasteiger partial charge is 0.168 e. The number of hydrogen-bond acceptors (Lipinski definition) is 3. The normalized spacial score (nSPS) is 30.9. The maximum absolute atomic E-state index is 5.75. The van der Waals surface area contributed by atoms with Crippen LogP contribution >= 0.6 is 0 Å². The van der Waals surface area contributed by atoms with Crippen molar-refractivity contribution in [2.45, 2.75) is 57.3 Å². The molecule has 0 radical (unpaired) electrons. The molecule has 3 fully saturated rings. The molecule has 2 saturated carbocycles. The SMILES string of the molecule is CC(CNC1CCC2(CC1)OCCO2)C1CC1. The highest BCUT2D eigenvalue weighted by Crippen LogP contribution is 2.37. The van der Waals surface area contributed by atoms with Crippen molar-refractivity contribution in [3.8, 4) is 0 Å². The zero-order chi connectivity index (χ0) is 11.7. The number of hydrogen-bond donors (Lipinski definition) is 1. The first-order valence-corrected chi connectivity index (χ1v) is 7.29. The summed E-state index contributed by atoms with van der Waals surface area (Å²) in [5, 5.41) is 3.74. The van der Waals surface area contributed by atoms with Crippen LogP contribution in [0.2, 0.25) is 0 Å². The first-order valence-electron chi connectivity index (χ1n) is 7.29. The van der Waals surface area contributed by atoms with Crippen LogP contribution in [-0.2, 0) is 9.47 Å². The highest BCUT2D eigenvalue weighted by Gasteiger charge is 2.40. The second kappa shape index (κ2) is 4.87. The third-order valence-corrected chi connectivity index (χ3v) is 4.72. The van der Waals surface area contributed by atoms with Gasteiger partial charge in [-0.15, -0.1) is 0 Å². The second-order valence-electron chi connectivity index (χ2n) is 6.10. The second-order valence-corrected chi connectivity index (χ2v) is 6.10. The van der Waals surface area contributed by atoms with Crippen molar-refractivity contribution in [3.05, 3.63) is 0 Å². The average Bonchev–Trinajstić information content (AvgIpc) is 3.11. The van der Waals surface area contributed by atoms with E-state index in [1.807, 2.05) is 0 Å². The van der Waals surface area contributed by atoms with E-state index < -0.39 is 0 Å². The first-order chi connectivity index (χ1) is 8.27. The van der Waals surface area contributed by atoms with Crippen LogP contribution < -0.4 is 5.32 Å². The van der Waals surface area contributed by atoms with E-state index in [0.29, 0.717) is 6.04 Å². The molecule has 1 heterocycles. The molecule has 1 aliphatic heterocycles. The maximum atomic E-state index is 5.75. The Morgan fingerprint density at radius 1 is 1.12 bits per heavy atom. The van der Waals surface area contributed by atoms with E-state index in [9.17, 15) is 0 Å². The fourth-order valence-electron chi connectivity index (χ4n) is 3.23. The summed E-state index contributed by atoms with van der Waals surface area (Å²) in [6, 6.07) is 0.689. The van der Waals surface area contributed by atoms with E-state index in [1.165, 1.54) is 32.2 Å². The van der Waals surface area contributed by atoms with Crippen LogP contribution in [0.1, 0.15) is 45.4 Å². The van der Waals surface area contributed by atoms with E-state index in [-0.39, 0.29) is 5.79 Å². The minimum atomic E-state index is -0.194. The molecule has 3 rings (SSSR count). The minimum absolute atomic E-state index is 0.194. The summed E-state index contributed by atoms with van der Waals surface area (Å²) in [5.41, 5.74) is 0. The molecule has 0 bridgehead atoms. The van der Waals surface area contributed by atoms with Crippen LogP contribution in [0.25, 0.3) is 0 Å². The van der Waals surface area contributed by atoms with Gasteiger partial charge in [0.25, 0.3) is 0 Å². The molecule has 1 unspecified atom stereocenters. The molecular formula is C14H25NO2. The quantitative estimate of drug-likeness (QED) is 0.816. The van der Waals surface area contributed by atoms with Gasteiger partial charge in [-0.25, -0.2) is 0 Å². The summed E-state index contributed by atoms with van der Waals surface area (Å²) in [4.78, 5) is 0. The summed E-state index contributed by atoms with van der Waals surface area (Å²) >= 11 is 0. The summed E-state index contributed by atoms with van der Waals surface area (Å²) in [7, 11) is 0. The van der Waals surface area contributed by atoms with Crippen LogP contribution in [-0.4, -0.2) is 31.6 Å². The molecule has 1 atom stereocenters. The van der Waals surface area contributed by atoms with Gasteiger partial charge in [0.1, 0.15) is 0 Å². The highest BCUT2D eigenvalue weighted by molar-refractivity contribution is 4.87. The van der Waals surface area contributed by atoms with Crippen LogP contribution in [0.4, 0.5) is 0 Å². The molecule has 0 aromatic carbocycles. The third-order valence-electron chi connectivity index (χ3n) is 4.72. The van der Waals surface area contributed by atoms with Gasteiger partial charge >= 0.3 is 0 Å². The summed E-state index contributed by atoms with van der Waals surface area (Å²) in [6.07, 6.45) is 7.47. The predicted molar refractivity (Wildman–Crippen MR) is 66.8 cm³/mol. The molecule has 2 aliphatic carbocycles. The number of nitrogens with one attached hydrogen (secondary N) is 1. The molecule has 1 N–H and O–H groups in total. The third kappa shape index (κ3) is 2.83. The van der Waals surface area contributed by atoms with E-state index in [2.05, 4.69) is 12.2 Å². The average molecular weight is 239 g/mol. The lowest BCUT2D eigenvalue weighted by Gasteiger charge is -2.36. The lowest BCUT2D eigenvalue weighted by molar-refractivity contribution is -0.179. The fourth-order valence-corrected chi connectivity index (χ4v) is 3.23. The minimum Gasteiger partial charge on any atom is -0.348 e. The first kappa shape index (κ1) is 11.9. The fraction of sp³-hybridized carbons (Fsp3) is 1.00. The molecule has 0 amide bonds. The molecule has 17 heavy (non-hydrogen) atoms. The molecule has 3 aliphatic rings. The van der Waals surface area contributed by atoms with Gasteiger partial charge in [0, 0.05) is 18.9 Å². The lowest BCUT2D eigenvalue weighted by atomic mass is 9.89. The van der Waals surface area contributed by atoms with Crippen LogP contribution in [0.15, 0.2) is 0 Å². The van der Waals surface area contributed by atoms with Gasteiger partial charge in [0.15, 0.2) is 5.79 Å². The Hall–Kier alpha value is -0.120. The van der Waals surface area contributed by atoms with E-state index in [1.54, 1.807) is 0 Å². The topological polar surface area (TPSA) is 30.5 Å². The maximum Gasteiger partial charge on any atom is 0.168 e. The molecule has 3 heteroatoms. The molecule has 1 spiro atoms. The Balaban J connectivity index is 1.39. The molecule has 0 aromatic heterocycles. The Kier molecular flexibility index (Phi) is 3.42. The lowest BCUT2D eigenvalue weighted by Crippen LogP contribution is -2.43. The van der Waals surface area contributed by atoms with Gasteiger partial charge in [-0.2, -0.15) is 0 Å². The number of rotatable bonds is 4. The summed E-state index contributed by atoms with van der Waals surface area (Å²) in [6.45, 7) is 5.16. The van der Waals surface area contributed by atoms with Gasteiger partial charge in [0.2, 0.25) is 0 Å². The van der Waals surface area contributed by atoms with E-state index in [4.69, 9.17) is 9.47 Å². The van der Waals surface area contributed by atoms with Crippen molar-refractivity contribution in [3.63, 3.8) is 0 Å². The summed E-state index contributed by atoms with van der Waals surface area (Å²) < 4.78 is 11.5. The van der Waals surface area contributed by atoms with Gasteiger partial charge in [-0.1, -0.05) is 6.92 Å². The van der Waals surface area contributed by atoms with E-state index in [0.717, 1.165) is 37.9 Å². The monoisotopic (exact) mass is 239 g/mol. The number of ether oxygens (including phenoxy) is 2. The Morgan fingerprint density at radius 3 is 2.35 bits per heavy atom. The summed E-state index contributed by atoms with van der Waals surface area (Å²) in [5.74, 6) is 1.68. The van der Waals surface area contributed by atoms with Gasteiger partial charge in [-0.05, 0) is 44.1 Å². The Bertz CT molecular complexity index is 246. The van der Waals surface area contributed by atoms with Gasteiger partial charge in [-0.3, -0.25) is 0 Å². The van der Waals surface area contributed by atoms with Crippen molar-refractivity contribution < 1.29 is 9.47 Å². The highest BCUT2D eigenvalue weighted by atomic mass is 16.7. The van der Waals surface area contributed by atoms with Gasteiger partial charge < -0.3 is 14.8 Å². The van der Waals surface area contributed by atoms with Crippen molar-refractivity contribution in [2.24, 2.45) is 11.8 Å². The standard InChI is InChI=1S/C14H25NO2/c1-11(12-2-3-12)10-15-13-4-6-14(7-5-13)16-8-9-17-14/h11-13,15H,2-10H2,1H3. The molecule has 1 saturated heterocycles. The van der Waals surface area contributed by atoms with Crippen LogP contribution in [0.5, 0.6) is 0 Å². The van der Waals surface area contributed by atoms with E-state index >= 15 is 0 Å². The van der Waals surface area contributed by atoms with Crippen LogP contribution in [0.3, 0.4) is 0 Å². The molecule has 98 valence electrons. The van der Waals surface area contributed by atoms with Crippen molar-refractivity contribution in [1.82, 2.24) is 5.32 Å². The van der Waals surface area contributed by atoms with Crippen molar-refractivity contribution in [2.75, 3.05) is 19.8 Å². The van der Waals surface area contributed by atoms with Gasteiger partial charge in [0.05, 0.1) is 13.2 Å². The largest absolute Gasteiger partial charge is 0.348 e. The van der Waals surface area contributed by atoms with Crippen LogP contribution in [0, 0.1) is 11.8 Å². The van der Waals surface area contributed by atoms with Crippen molar-refractivity contribution in [1.29, 1.82) is 0 Å². The molecular weight excluding hydrogens is 214 g/mol. The predicted octanol–water partition coefficient (Wildman–Crippen LogP) is 2.31. The Morgan fingerprint density at radius 2 is 1.76 bits per heavy atom. The van der Waals surface area contributed by atoms with Crippen molar-refractivity contribution >= 4 is 0 Å².